The average molecular weight is 407 g/mol. The van der Waals surface area contributed by atoms with E-state index in [4.69, 9.17) is 16.7 Å². The van der Waals surface area contributed by atoms with Gasteiger partial charge in [-0.05, 0) is 48.9 Å². The Morgan fingerprint density at radius 1 is 0.963 bits per heavy atom. The molecule has 0 aliphatic rings. The number of hydrogen-bond acceptors (Lipinski definition) is 4. The molecule has 2 rings (SSSR count). The Kier molecular flexibility index (Phi) is 7.69. The van der Waals surface area contributed by atoms with E-state index in [1.54, 1.807) is 36.4 Å². The van der Waals surface area contributed by atoms with Crippen molar-refractivity contribution < 1.29 is 19.5 Å². The number of carbonyl (C=O) groups excluding carboxylic acids is 2. The fourth-order valence-electron chi connectivity index (χ4n) is 2.10. The molecule has 2 amide bonds. The molecule has 0 saturated carbocycles. The maximum Gasteiger partial charge on any atom is 0.303 e. The number of carboxylic acids is 1. The van der Waals surface area contributed by atoms with Crippen LogP contribution < -0.4 is 10.6 Å². The lowest BCUT2D eigenvalue weighted by molar-refractivity contribution is -0.138. The number of rotatable bonds is 8. The van der Waals surface area contributed by atoms with Crippen LogP contribution in [0, 0.1) is 6.92 Å². The first-order valence-corrected chi connectivity index (χ1v) is 9.50. The maximum absolute atomic E-state index is 12.0. The number of aliphatic carboxylic acids is 1. The highest BCUT2D eigenvalue weighted by atomic mass is 35.5. The van der Waals surface area contributed by atoms with Crippen LogP contribution in [0.15, 0.2) is 47.4 Å². The minimum atomic E-state index is -1.01. The second-order valence-electron chi connectivity index (χ2n) is 5.77. The van der Waals surface area contributed by atoms with Gasteiger partial charge in [-0.1, -0.05) is 17.7 Å². The summed E-state index contributed by atoms with van der Waals surface area (Å²) in [5.74, 6) is -1.28. The van der Waals surface area contributed by atoms with Crippen molar-refractivity contribution in [3.05, 3.63) is 53.1 Å². The molecule has 8 heteroatoms. The van der Waals surface area contributed by atoms with Gasteiger partial charge in [0.25, 0.3) is 0 Å². The largest absolute Gasteiger partial charge is 0.481 e. The molecule has 0 aromatic heterocycles. The average Bonchev–Trinajstić information content (AvgIpc) is 2.62. The molecule has 2 aromatic carbocycles. The third kappa shape index (κ3) is 7.32. The molecule has 0 radical (unpaired) electrons. The van der Waals surface area contributed by atoms with Gasteiger partial charge in [0.2, 0.25) is 11.8 Å². The zero-order valence-corrected chi connectivity index (χ0v) is 16.2. The normalized spacial score (nSPS) is 10.3. The number of hydrogen-bond donors (Lipinski definition) is 3. The lowest BCUT2D eigenvalue weighted by Crippen LogP contribution is -2.14. The van der Waals surface area contributed by atoms with Crippen LogP contribution in [0.4, 0.5) is 11.4 Å². The van der Waals surface area contributed by atoms with Crippen molar-refractivity contribution in [2.75, 3.05) is 16.4 Å². The highest BCUT2D eigenvalue weighted by Gasteiger charge is 2.07. The first-order chi connectivity index (χ1) is 12.8. The number of nitrogens with one attached hydrogen (secondary N) is 2. The van der Waals surface area contributed by atoms with Crippen LogP contribution in [0.5, 0.6) is 0 Å². The standard InChI is InChI=1S/C19H19ClN2O4S/c1-12-2-3-14(10-16(12)20)22-18(24)11-27-15-6-4-13(5-7-15)21-17(23)8-9-19(25)26/h2-7,10H,8-9,11H2,1H3,(H,21,23)(H,22,24)(H,25,26). The van der Waals surface area contributed by atoms with Crippen LogP contribution in [-0.4, -0.2) is 28.6 Å². The maximum atomic E-state index is 12.0. The van der Waals surface area contributed by atoms with Crippen molar-refractivity contribution >= 4 is 52.5 Å². The van der Waals surface area contributed by atoms with Crippen LogP contribution >= 0.6 is 23.4 Å². The van der Waals surface area contributed by atoms with E-state index in [-0.39, 0.29) is 30.4 Å². The SMILES string of the molecule is Cc1ccc(NC(=O)CSc2ccc(NC(=O)CCC(=O)O)cc2)cc1Cl. The Bertz CT molecular complexity index is 840. The van der Waals surface area contributed by atoms with Crippen LogP contribution in [0.25, 0.3) is 0 Å². The molecule has 3 N–H and O–H groups in total. The molecule has 0 bridgehead atoms. The Morgan fingerprint density at radius 3 is 2.22 bits per heavy atom. The monoisotopic (exact) mass is 406 g/mol. The zero-order valence-electron chi connectivity index (χ0n) is 14.6. The van der Waals surface area contributed by atoms with Gasteiger partial charge in [-0.25, -0.2) is 0 Å². The van der Waals surface area contributed by atoms with Gasteiger partial charge in [-0.3, -0.25) is 14.4 Å². The fourth-order valence-corrected chi connectivity index (χ4v) is 2.97. The van der Waals surface area contributed by atoms with Gasteiger partial charge in [-0.2, -0.15) is 0 Å². The molecule has 0 unspecified atom stereocenters. The summed E-state index contributed by atoms with van der Waals surface area (Å²) in [4.78, 5) is 35.0. The van der Waals surface area contributed by atoms with Gasteiger partial charge >= 0.3 is 5.97 Å². The van der Waals surface area contributed by atoms with E-state index in [1.807, 2.05) is 13.0 Å². The molecule has 2 aromatic rings. The summed E-state index contributed by atoms with van der Waals surface area (Å²) in [6.45, 7) is 1.89. The molecule has 0 fully saturated rings. The molecule has 0 heterocycles. The first-order valence-electron chi connectivity index (χ1n) is 8.14. The minimum Gasteiger partial charge on any atom is -0.481 e. The molecule has 6 nitrogen and oxygen atoms in total. The summed E-state index contributed by atoms with van der Waals surface area (Å²) in [6, 6.07) is 12.3. The predicted molar refractivity (Wildman–Crippen MR) is 107 cm³/mol. The number of aryl methyl sites for hydroxylation is 1. The molecular weight excluding hydrogens is 388 g/mol. The van der Waals surface area contributed by atoms with Gasteiger partial charge in [0.05, 0.1) is 12.2 Å². The summed E-state index contributed by atoms with van der Waals surface area (Å²) in [7, 11) is 0. The van der Waals surface area contributed by atoms with E-state index >= 15 is 0 Å². The van der Waals surface area contributed by atoms with Crippen molar-refractivity contribution in [3.8, 4) is 0 Å². The third-order valence-electron chi connectivity index (χ3n) is 3.53. The molecule has 0 atom stereocenters. The topological polar surface area (TPSA) is 95.5 Å². The minimum absolute atomic E-state index is 0.0744. The summed E-state index contributed by atoms with van der Waals surface area (Å²) in [6.07, 6.45) is -0.282. The van der Waals surface area contributed by atoms with Crippen molar-refractivity contribution in [2.24, 2.45) is 0 Å². The number of anilines is 2. The van der Waals surface area contributed by atoms with Gasteiger partial charge in [0, 0.05) is 27.7 Å². The van der Waals surface area contributed by atoms with E-state index in [0.717, 1.165) is 10.5 Å². The molecular formula is C19H19ClN2O4S. The van der Waals surface area contributed by atoms with Gasteiger partial charge < -0.3 is 15.7 Å². The lowest BCUT2D eigenvalue weighted by Gasteiger charge is -2.08. The van der Waals surface area contributed by atoms with E-state index in [9.17, 15) is 14.4 Å². The highest BCUT2D eigenvalue weighted by molar-refractivity contribution is 8.00. The first kappa shape index (κ1) is 20.8. The Hall–Kier alpha value is -2.51. The van der Waals surface area contributed by atoms with E-state index < -0.39 is 5.97 Å². The van der Waals surface area contributed by atoms with E-state index in [0.29, 0.717) is 16.4 Å². The van der Waals surface area contributed by atoms with E-state index in [2.05, 4.69) is 10.6 Å². The lowest BCUT2D eigenvalue weighted by atomic mass is 10.2. The van der Waals surface area contributed by atoms with Crippen molar-refractivity contribution in [3.63, 3.8) is 0 Å². The smallest absolute Gasteiger partial charge is 0.303 e. The van der Waals surface area contributed by atoms with Crippen LogP contribution in [0.2, 0.25) is 5.02 Å². The second-order valence-corrected chi connectivity index (χ2v) is 7.22. The second kappa shape index (κ2) is 9.99. The third-order valence-corrected chi connectivity index (χ3v) is 4.95. The molecule has 0 aliphatic heterocycles. The quantitative estimate of drug-likeness (QED) is 0.571. The molecule has 27 heavy (non-hydrogen) atoms. The van der Waals surface area contributed by atoms with Crippen LogP contribution in [-0.2, 0) is 14.4 Å². The number of carbonyl (C=O) groups is 3. The Labute approximate surface area is 166 Å². The summed E-state index contributed by atoms with van der Waals surface area (Å²) >= 11 is 7.40. The fraction of sp³-hybridized carbons (Fsp3) is 0.211. The zero-order chi connectivity index (χ0) is 19.8. The van der Waals surface area contributed by atoms with Gasteiger partial charge in [-0.15, -0.1) is 11.8 Å². The molecule has 0 saturated heterocycles. The molecule has 0 aliphatic carbocycles. The van der Waals surface area contributed by atoms with Gasteiger partial charge in [0.15, 0.2) is 0 Å². The Morgan fingerprint density at radius 2 is 1.59 bits per heavy atom. The molecule has 142 valence electrons. The number of halogens is 1. The summed E-state index contributed by atoms with van der Waals surface area (Å²) < 4.78 is 0. The number of benzene rings is 2. The highest BCUT2D eigenvalue weighted by Crippen LogP contribution is 2.22. The molecule has 0 spiro atoms. The van der Waals surface area contributed by atoms with Crippen molar-refractivity contribution in [2.45, 2.75) is 24.7 Å². The number of carboxylic acid groups (broad SMARTS) is 1. The number of amides is 2. The van der Waals surface area contributed by atoms with Crippen LogP contribution in [0.1, 0.15) is 18.4 Å². The summed E-state index contributed by atoms with van der Waals surface area (Å²) in [5, 5.41) is 14.6. The van der Waals surface area contributed by atoms with E-state index in [1.165, 1.54) is 11.8 Å². The van der Waals surface area contributed by atoms with Crippen molar-refractivity contribution in [1.29, 1.82) is 0 Å². The predicted octanol–water partition coefficient (Wildman–Crippen LogP) is 4.18. The van der Waals surface area contributed by atoms with Crippen LogP contribution in [0.3, 0.4) is 0 Å². The number of thioether (sulfide) groups is 1. The summed E-state index contributed by atoms with van der Waals surface area (Å²) in [5.41, 5.74) is 2.17. The Balaban J connectivity index is 1.80. The van der Waals surface area contributed by atoms with Gasteiger partial charge in [0.1, 0.15) is 0 Å². The van der Waals surface area contributed by atoms with Crippen molar-refractivity contribution in [1.82, 2.24) is 0 Å².